The second-order valence-corrected chi connectivity index (χ2v) is 2.27. The molecule has 0 aromatic rings. The number of rotatable bonds is 6. The lowest BCUT2D eigenvalue weighted by molar-refractivity contribution is -0.118. The number of amides is 1. The van der Waals surface area contributed by atoms with Crippen molar-refractivity contribution in [2.75, 3.05) is 13.1 Å². The van der Waals surface area contributed by atoms with Gasteiger partial charge in [0.2, 0.25) is 5.91 Å². The van der Waals surface area contributed by atoms with Gasteiger partial charge in [-0.3, -0.25) is 4.79 Å². The number of carbonyl (C=O) groups is 1. The first-order valence-electron chi connectivity index (χ1n) is 3.70. The van der Waals surface area contributed by atoms with Crippen molar-refractivity contribution in [3.63, 3.8) is 0 Å². The molecule has 3 N–H and O–H groups in total. The summed E-state index contributed by atoms with van der Waals surface area (Å²) in [5.74, 6) is 2.27. The highest BCUT2D eigenvalue weighted by molar-refractivity contribution is 5.73. The van der Waals surface area contributed by atoms with E-state index in [0.717, 1.165) is 25.9 Å². The minimum Gasteiger partial charge on any atom is -0.370 e. The Morgan fingerprint density at radius 1 is 1.55 bits per heavy atom. The van der Waals surface area contributed by atoms with Crippen LogP contribution in [0.2, 0.25) is 0 Å². The van der Waals surface area contributed by atoms with Crippen LogP contribution in [0.3, 0.4) is 0 Å². The Morgan fingerprint density at radius 3 is 2.82 bits per heavy atom. The highest BCUT2D eigenvalue weighted by atomic mass is 16.1. The number of hydrogen-bond donors (Lipinski definition) is 2. The Hall–Kier alpha value is -1.01. The van der Waals surface area contributed by atoms with Crippen LogP contribution in [0.15, 0.2) is 0 Å². The molecule has 0 aliphatic rings. The lowest BCUT2D eigenvalue weighted by Crippen LogP contribution is -2.19. The summed E-state index contributed by atoms with van der Waals surface area (Å²) < 4.78 is 0. The van der Waals surface area contributed by atoms with Gasteiger partial charge in [0.15, 0.2) is 0 Å². The molecule has 0 saturated carbocycles. The van der Waals surface area contributed by atoms with Crippen molar-refractivity contribution in [2.24, 2.45) is 5.73 Å². The number of nitrogens with two attached hydrogens (primary N) is 1. The summed E-state index contributed by atoms with van der Waals surface area (Å²) in [5, 5.41) is 3.09. The maximum Gasteiger partial charge on any atom is 0.217 e. The van der Waals surface area contributed by atoms with Gasteiger partial charge in [-0.05, 0) is 13.0 Å². The van der Waals surface area contributed by atoms with Crippen LogP contribution >= 0.6 is 0 Å². The summed E-state index contributed by atoms with van der Waals surface area (Å²) in [4.78, 5) is 10.3. The van der Waals surface area contributed by atoms with E-state index in [1.54, 1.807) is 0 Å². The quantitative estimate of drug-likeness (QED) is 0.413. The zero-order valence-electron chi connectivity index (χ0n) is 6.60. The van der Waals surface area contributed by atoms with Gasteiger partial charge in [-0.15, -0.1) is 12.3 Å². The average molecular weight is 154 g/mol. The highest BCUT2D eigenvalue weighted by Crippen LogP contribution is 1.83. The van der Waals surface area contributed by atoms with Gasteiger partial charge in [0.1, 0.15) is 0 Å². The molecule has 0 bridgehead atoms. The van der Waals surface area contributed by atoms with E-state index in [1.165, 1.54) is 0 Å². The fraction of sp³-hybridized carbons (Fsp3) is 0.625. The first-order valence-corrected chi connectivity index (χ1v) is 3.70. The third-order valence-electron chi connectivity index (χ3n) is 1.22. The van der Waals surface area contributed by atoms with Gasteiger partial charge >= 0.3 is 0 Å². The maximum absolute atomic E-state index is 10.3. The standard InChI is InChI=1S/C8H14N2O/c1-2-3-6-10-7-4-5-8(9)11/h1,10H,3-7H2,(H2,9,11). The molecular formula is C8H14N2O. The molecule has 62 valence electrons. The topological polar surface area (TPSA) is 55.1 Å². The van der Waals surface area contributed by atoms with E-state index in [0.29, 0.717) is 6.42 Å². The van der Waals surface area contributed by atoms with Crippen LogP contribution < -0.4 is 11.1 Å². The first-order chi connectivity index (χ1) is 5.27. The summed E-state index contributed by atoms with van der Waals surface area (Å²) in [5.41, 5.74) is 4.93. The maximum atomic E-state index is 10.3. The van der Waals surface area contributed by atoms with Crippen LogP contribution in [0, 0.1) is 12.3 Å². The molecule has 3 heteroatoms. The van der Waals surface area contributed by atoms with Crippen LogP contribution in [0.1, 0.15) is 19.3 Å². The highest BCUT2D eigenvalue weighted by Gasteiger charge is 1.92. The molecule has 0 aliphatic carbocycles. The zero-order valence-corrected chi connectivity index (χ0v) is 6.60. The first kappa shape index (κ1) is 9.99. The minimum atomic E-state index is -0.247. The lowest BCUT2D eigenvalue weighted by atomic mass is 10.3. The predicted octanol–water partition coefficient (Wildman–Crippen LogP) is -0.135. The largest absolute Gasteiger partial charge is 0.370 e. The molecule has 0 aliphatic heterocycles. The van der Waals surface area contributed by atoms with Crippen LogP contribution in [0.4, 0.5) is 0 Å². The van der Waals surface area contributed by atoms with Gasteiger partial charge in [-0.1, -0.05) is 0 Å². The van der Waals surface area contributed by atoms with Gasteiger partial charge < -0.3 is 11.1 Å². The smallest absolute Gasteiger partial charge is 0.217 e. The SMILES string of the molecule is C#CCCNCCCC(N)=O. The van der Waals surface area contributed by atoms with E-state index in [-0.39, 0.29) is 5.91 Å². The van der Waals surface area contributed by atoms with Crippen molar-refractivity contribution in [1.82, 2.24) is 5.32 Å². The monoisotopic (exact) mass is 154 g/mol. The number of terminal acetylenes is 1. The predicted molar refractivity (Wildman–Crippen MR) is 44.7 cm³/mol. The van der Waals surface area contributed by atoms with Gasteiger partial charge in [-0.2, -0.15) is 0 Å². The fourth-order valence-corrected chi connectivity index (χ4v) is 0.673. The summed E-state index contributed by atoms with van der Waals surface area (Å²) >= 11 is 0. The molecule has 0 atom stereocenters. The molecular weight excluding hydrogens is 140 g/mol. The summed E-state index contributed by atoms with van der Waals surface area (Å²) in [6, 6.07) is 0. The number of nitrogens with one attached hydrogen (secondary N) is 1. The van der Waals surface area contributed by atoms with Crippen molar-refractivity contribution in [1.29, 1.82) is 0 Å². The second-order valence-electron chi connectivity index (χ2n) is 2.27. The number of carbonyl (C=O) groups excluding carboxylic acids is 1. The second kappa shape index (κ2) is 7.10. The van der Waals surface area contributed by atoms with E-state index in [2.05, 4.69) is 11.2 Å². The van der Waals surface area contributed by atoms with Crippen molar-refractivity contribution < 1.29 is 4.79 Å². The molecule has 0 fully saturated rings. The Labute approximate surface area is 67.3 Å². The Bertz CT molecular complexity index is 149. The number of hydrogen-bond acceptors (Lipinski definition) is 2. The van der Waals surface area contributed by atoms with E-state index < -0.39 is 0 Å². The van der Waals surface area contributed by atoms with Gasteiger partial charge in [-0.25, -0.2) is 0 Å². The van der Waals surface area contributed by atoms with Crippen molar-refractivity contribution >= 4 is 5.91 Å². The van der Waals surface area contributed by atoms with E-state index >= 15 is 0 Å². The molecule has 0 spiro atoms. The van der Waals surface area contributed by atoms with Crippen molar-refractivity contribution in [3.05, 3.63) is 0 Å². The molecule has 0 aromatic carbocycles. The average Bonchev–Trinajstić information content (AvgIpc) is 1.96. The molecule has 0 rings (SSSR count). The van der Waals surface area contributed by atoms with Gasteiger partial charge in [0, 0.05) is 19.4 Å². The summed E-state index contributed by atoms with van der Waals surface area (Å²) in [6.07, 6.45) is 7.00. The Morgan fingerprint density at radius 2 is 2.27 bits per heavy atom. The Kier molecular flexibility index (Phi) is 6.45. The van der Waals surface area contributed by atoms with E-state index in [4.69, 9.17) is 12.2 Å². The van der Waals surface area contributed by atoms with Crippen molar-refractivity contribution in [2.45, 2.75) is 19.3 Å². The van der Waals surface area contributed by atoms with Crippen LogP contribution in [-0.2, 0) is 4.79 Å². The van der Waals surface area contributed by atoms with Crippen molar-refractivity contribution in [3.8, 4) is 12.3 Å². The molecule has 0 radical (unpaired) electrons. The molecule has 0 aromatic heterocycles. The summed E-state index contributed by atoms with van der Waals surface area (Å²) in [7, 11) is 0. The lowest BCUT2D eigenvalue weighted by Gasteiger charge is -1.99. The minimum absolute atomic E-state index is 0.247. The molecule has 0 saturated heterocycles. The third kappa shape index (κ3) is 8.99. The van der Waals surface area contributed by atoms with Crippen LogP contribution in [0.25, 0.3) is 0 Å². The fourth-order valence-electron chi connectivity index (χ4n) is 0.673. The van der Waals surface area contributed by atoms with Crippen LogP contribution in [0.5, 0.6) is 0 Å². The third-order valence-corrected chi connectivity index (χ3v) is 1.22. The molecule has 11 heavy (non-hydrogen) atoms. The normalized spacial score (nSPS) is 9.00. The summed E-state index contributed by atoms with van der Waals surface area (Å²) in [6.45, 7) is 1.62. The van der Waals surface area contributed by atoms with E-state index in [9.17, 15) is 4.79 Å². The molecule has 1 amide bonds. The zero-order chi connectivity index (χ0) is 8.53. The molecule has 3 nitrogen and oxygen atoms in total. The number of primary amides is 1. The molecule has 0 unspecified atom stereocenters. The van der Waals surface area contributed by atoms with Gasteiger partial charge in [0.25, 0.3) is 0 Å². The Balaban J connectivity index is 2.92. The molecule has 0 heterocycles. The van der Waals surface area contributed by atoms with Gasteiger partial charge in [0.05, 0.1) is 0 Å². The van der Waals surface area contributed by atoms with Crippen LogP contribution in [-0.4, -0.2) is 19.0 Å². The van der Waals surface area contributed by atoms with E-state index in [1.807, 2.05) is 0 Å².